The SMILES string of the molecule is COc1cc([N+](=O)[O-])ccc1NC(=S)Nc1c(C)nn(Cc2ccccc2C)c1C. The van der Waals surface area contributed by atoms with Gasteiger partial charge in [-0.15, -0.1) is 0 Å². The topological polar surface area (TPSA) is 94.2 Å². The van der Waals surface area contributed by atoms with Crippen molar-refractivity contribution in [1.29, 1.82) is 0 Å². The third-order valence-electron chi connectivity index (χ3n) is 4.85. The molecular weight excluding hydrogens is 402 g/mol. The van der Waals surface area contributed by atoms with E-state index < -0.39 is 4.92 Å². The van der Waals surface area contributed by atoms with E-state index in [4.69, 9.17) is 17.0 Å². The molecule has 0 saturated carbocycles. The maximum Gasteiger partial charge on any atom is 0.273 e. The van der Waals surface area contributed by atoms with Gasteiger partial charge in [0.2, 0.25) is 0 Å². The molecular formula is C21H23N5O3S. The Labute approximate surface area is 180 Å². The maximum absolute atomic E-state index is 11.0. The third-order valence-corrected chi connectivity index (χ3v) is 5.05. The van der Waals surface area contributed by atoms with Crippen LogP contribution in [0.15, 0.2) is 42.5 Å². The van der Waals surface area contributed by atoms with E-state index in [0.29, 0.717) is 23.1 Å². The van der Waals surface area contributed by atoms with Gasteiger partial charge in [0.25, 0.3) is 5.69 Å². The van der Waals surface area contributed by atoms with Crippen molar-refractivity contribution in [3.05, 3.63) is 75.1 Å². The van der Waals surface area contributed by atoms with Crippen molar-refractivity contribution in [2.45, 2.75) is 27.3 Å². The second-order valence-electron chi connectivity index (χ2n) is 6.85. The van der Waals surface area contributed by atoms with Gasteiger partial charge in [0.05, 0.1) is 47.4 Å². The Morgan fingerprint density at radius 1 is 1.20 bits per heavy atom. The highest BCUT2D eigenvalue weighted by molar-refractivity contribution is 7.80. The number of hydrogen-bond acceptors (Lipinski definition) is 5. The van der Waals surface area contributed by atoms with Crippen LogP contribution >= 0.6 is 12.2 Å². The molecule has 9 heteroatoms. The van der Waals surface area contributed by atoms with E-state index in [1.807, 2.05) is 30.7 Å². The minimum Gasteiger partial charge on any atom is -0.494 e. The number of non-ortho nitro benzene ring substituents is 1. The first-order chi connectivity index (χ1) is 14.3. The van der Waals surface area contributed by atoms with E-state index in [9.17, 15) is 10.1 Å². The van der Waals surface area contributed by atoms with Crippen LogP contribution in [0.1, 0.15) is 22.5 Å². The predicted octanol–water partition coefficient (Wildman–Crippen LogP) is 4.58. The van der Waals surface area contributed by atoms with Gasteiger partial charge in [-0.25, -0.2) is 0 Å². The van der Waals surface area contributed by atoms with Crippen LogP contribution < -0.4 is 15.4 Å². The van der Waals surface area contributed by atoms with Crippen LogP contribution in [0.5, 0.6) is 5.75 Å². The van der Waals surface area contributed by atoms with Gasteiger partial charge >= 0.3 is 0 Å². The number of rotatable bonds is 6. The zero-order chi connectivity index (χ0) is 21.8. The molecule has 2 aromatic carbocycles. The maximum atomic E-state index is 11.0. The van der Waals surface area contributed by atoms with E-state index in [2.05, 4.69) is 34.8 Å². The normalized spacial score (nSPS) is 10.5. The lowest BCUT2D eigenvalue weighted by atomic mass is 10.1. The molecule has 1 heterocycles. The highest BCUT2D eigenvalue weighted by Crippen LogP contribution is 2.29. The summed E-state index contributed by atoms with van der Waals surface area (Å²) in [6, 6.07) is 12.5. The summed E-state index contributed by atoms with van der Waals surface area (Å²) in [6.45, 7) is 6.64. The van der Waals surface area contributed by atoms with Gasteiger partial charge in [0.1, 0.15) is 5.75 Å². The van der Waals surface area contributed by atoms with Crippen molar-refractivity contribution in [3.8, 4) is 5.75 Å². The van der Waals surface area contributed by atoms with Crippen LogP contribution in [0.4, 0.5) is 17.1 Å². The number of ether oxygens (including phenoxy) is 1. The number of aromatic nitrogens is 2. The molecule has 0 amide bonds. The fraction of sp³-hybridized carbons (Fsp3) is 0.238. The van der Waals surface area contributed by atoms with Crippen molar-refractivity contribution in [2.75, 3.05) is 17.7 Å². The Morgan fingerprint density at radius 2 is 1.93 bits per heavy atom. The number of thiocarbonyl (C=S) groups is 1. The molecule has 0 spiro atoms. The van der Waals surface area contributed by atoms with Gasteiger partial charge in [-0.1, -0.05) is 24.3 Å². The van der Waals surface area contributed by atoms with Gasteiger partial charge in [-0.3, -0.25) is 14.8 Å². The summed E-state index contributed by atoms with van der Waals surface area (Å²) in [5.74, 6) is 0.331. The number of nitro benzene ring substituents is 1. The smallest absolute Gasteiger partial charge is 0.273 e. The summed E-state index contributed by atoms with van der Waals surface area (Å²) in [5.41, 5.74) is 5.48. The third kappa shape index (κ3) is 4.57. The fourth-order valence-corrected chi connectivity index (χ4v) is 3.36. The summed E-state index contributed by atoms with van der Waals surface area (Å²) < 4.78 is 7.19. The van der Waals surface area contributed by atoms with Gasteiger partial charge in [-0.05, 0) is 50.2 Å². The standard InChI is InChI=1S/C21H23N5O3S/c1-13-7-5-6-8-16(13)12-25-15(3)20(14(2)24-25)23-21(30)22-18-10-9-17(26(27)28)11-19(18)29-4/h5-11H,12H2,1-4H3,(H2,22,23,30). The van der Waals surface area contributed by atoms with Crippen LogP contribution in [0.2, 0.25) is 0 Å². The fourth-order valence-electron chi connectivity index (χ4n) is 3.14. The summed E-state index contributed by atoms with van der Waals surface area (Å²) >= 11 is 5.44. The summed E-state index contributed by atoms with van der Waals surface area (Å²) in [4.78, 5) is 10.5. The molecule has 0 aliphatic heterocycles. The molecule has 3 aromatic rings. The number of methoxy groups -OCH3 is 1. The van der Waals surface area contributed by atoms with Crippen LogP contribution in [0.25, 0.3) is 0 Å². The van der Waals surface area contributed by atoms with Gasteiger partial charge in [-0.2, -0.15) is 5.10 Å². The molecule has 1 aromatic heterocycles. The summed E-state index contributed by atoms with van der Waals surface area (Å²) in [5, 5.41) is 22.1. The highest BCUT2D eigenvalue weighted by atomic mass is 32.1. The largest absolute Gasteiger partial charge is 0.494 e. The van der Waals surface area contributed by atoms with Crippen LogP contribution in [-0.2, 0) is 6.54 Å². The number of aryl methyl sites for hydroxylation is 2. The zero-order valence-corrected chi connectivity index (χ0v) is 18.0. The van der Waals surface area contributed by atoms with Crippen LogP contribution in [0.3, 0.4) is 0 Å². The van der Waals surface area contributed by atoms with E-state index in [0.717, 1.165) is 17.1 Å². The average Bonchev–Trinajstić information content (AvgIpc) is 2.97. The second kappa shape index (κ2) is 8.91. The minimum absolute atomic E-state index is 0.0551. The summed E-state index contributed by atoms with van der Waals surface area (Å²) in [7, 11) is 1.45. The van der Waals surface area contributed by atoms with E-state index in [1.165, 1.54) is 30.4 Å². The molecule has 8 nitrogen and oxygen atoms in total. The number of nitro groups is 1. The first-order valence-electron chi connectivity index (χ1n) is 9.29. The first kappa shape index (κ1) is 21.3. The number of anilines is 2. The van der Waals surface area contributed by atoms with E-state index in [1.54, 1.807) is 6.07 Å². The number of hydrogen-bond donors (Lipinski definition) is 2. The lowest BCUT2D eigenvalue weighted by molar-refractivity contribution is -0.384. The van der Waals surface area contributed by atoms with Gasteiger partial charge in [0, 0.05) is 6.07 Å². The first-order valence-corrected chi connectivity index (χ1v) is 9.70. The molecule has 3 rings (SSSR count). The Bertz CT molecular complexity index is 1110. The number of nitrogens with one attached hydrogen (secondary N) is 2. The molecule has 0 bridgehead atoms. The Balaban J connectivity index is 1.77. The lowest BCUT2D eigenvalue weighted by Crippen LogP contribution is -2.20. The van der Waals surface area contributed by atoms with Crippen molar-refractivity contribution in [2.24, 2.45) is 0 Å². The molecule has 2 N–H and O–H groups in total. The quantitative estimate of drug-likeness (QED) is 0.339. The van der Waals surface area contributed by atoms with E-state index >= 15 is 0 Å². The molecule has 0 radical (unpaired) electrons. The van der Waals surface area contributed by atoms with Gasteiger partial charge in [0.15, 0.2) is 5.11 Å². The van der Waals surface area contributed by atoms with Crippen molar-refractivity contribution in [3.63, 3.8) is 0 Å². The number of nitrogens with zero attached hydrogens (tertiary/aromatic N) is 3. The molecule has 0 aliphatic rings. The molecule has 0 unspecified atom stereocenters. The monoisotopic (exact) mass is 425 g/mol. The van der Waals surface area contributed by atoms with Crippen molar-refractivity contribution < 1.29 is 9.66 Å². The lowest BCUT2D eigenvalue weighted by Gasteiger charge is -2.14. The molecule has 0 fully saturated rings. The number of benzene rings is 2. The molecule has 0 saturated heterocycles. The van der Waals surface area contributed by atoms with Crippen molar-refractivity contribution >= 4 is 34.4 Å². The Morgan fingerprint density at radius 3 is 2.60 bits per heavy atom. The summed E-state index contributed by atoms with van der Waals surface area (Å²) in [6.07, 6.45) is 0. The van der Waals surface area contributed by atoms with E-state index in [-0.39, 0.29) is 5.69 Å². The predicted molar refractivity (Wildman–Crippen MR) is 121 cm³/mol. The zero-order valence-electron chi connectivity index (χ0n) is 17.2. The minimum atomic E-state index is -0.474. The second-order valence-corrected chi connectivity index (χ2v) is 7.26. The average molecular weight is 426 g/mol. The van der Waals surface area contributed by atoms with Crippen LogP contribution in [-0.4, -0.2) is 26.9 Å². The molecule has 0 atom stereocenters. The molecule has 156 valence electrons. The van der Waals surface area contributed by atoms with Gasteiger partial charge < -0.3 is 15.4 Å². The molecule has 0 aliphatic carbocycles. The Kier molecular flexibility index (Phi) is 6.31. The molecule has 30 heavy (non-hydrogen) atoms. The highest BCUT2D eigenvalue weighted by Gasteiger charge is 2.16. The van der Waals surface area contributed by atoms with Crippen LogP contribution in [0, 0.1) is 30.9 Å². The Hall–Kier alpha value is -3.46. The van der Waals surface area contributed by atoms with Crippen molar-refractivity contribution in [1.82, 2.24) is 9.78 Å².